The highest BCUT2D eigenvalue weighted by molar-refractivity contribution is 5.78. The average molecular weight is 333 g/mol. The maximum atomic E-state index is 12.2. The first-order valence-electron chi connectivity index (χ1n) is 8.68. The summed E-state index contributed by atoms with van der Waals surface area (Å²) in [6.45, 7) is 5.69. The number of piperidine rings is 1. The zero-order chi connectivity index (χ0) is 17.5. The van der Waals surface area contributed by atoms with Gasteiger partial charge in [-0.2, -0.15) is 0 Å². The second-order valence-corrected chi connectivity index (χ2v) is 6.59. The number of carbonyl (C=O) groups is 2. The van der Waals surface area contributed by atoms with Crippen LogP contribution in [0.2, 0.25) is 0 Å². The second kappa shape index (κ2) is 8.71. The largest absolute Gasteiger partial charge is 0.493 e. The molecular formula is C19H27NO4. The summed E-state index contributed by atoms with van der Waals surface area (Å²) < 4.78 is 5.79. The highest BCUT2D eigenvalue weighted by atomic mass is 16.5. The molecule has 2 rings (SSSR count). The van der Waals surface area contributed by atoms with Gasteiger partial charge >= 0.3 is 5.97 Å². The van der Waals surface area contributed by atoms with Crippen molar-refractivity contribution >= 4 is 11.9 Å². The minimum atomic E-state index is -0.797. The van der Waals surface area contributed by atoms with Gasteiger partial charge in [-0.1, -0.05) is 12.1 Å². The van der Waals surface area contributed by atoms with Crippen LogP contribution in [0.3, 0.4) is 0 Å². The van der Waals surface area contributed by atoms with E-state index in [4.69, 9.17) is 9.84 Å². The molecule has 1 aromatic carbocycles. The zero-order valence-corrected chi connectivity index (χ0v) is 14.6. The Morgan fingerprint density at radius 3 is 2.83 bits per heavy atom. The normalized spacial score (nSPS) is 17.6. The van der Waals surface area contributed by atoms with Crippen LogP contribution in [0.15, 0.2) is 18.2 Å². The van der Waals surface area contributed by atoms with Crippen molar-refractivity contribution in [2.24, 2.45) is 5.92 Å². The molecule has 0 spiro atoms. The van der Waals surface area contributed by atoms with Gasteiger partial charge in [-0.25, -0.2) is 0 Å². The molecule has 0 unspecified atom stereocenters. The Balaban J connectivity index is 1.67. The van der Waals surface area contributed by atoms with Crippen molar-refractivity contribution in [2.45, 2.75) is 46.0 Å². The van der Waals surface area contributed by atoms with Crippen molar-refractivity contribution in [3.8, 4) is 5.75 Å². The van der Waals surface area contributed by atoms with Gasteiger partial charge in [0.15, 0.2) is 0 Å². The number of likely N-dealkylation sites (tertiary alicyclic amines) is 1. The minimum Gasteiger partial charge on any atom is -0.493 e. The molecule has 132 valence electrons. The highest BCUT2D eigenvalue weighted by Gasteiger charge is 2.27. The fourth-order valence-corrected chi connectivity index (χ4v) is 2.99. The lowest BCUT2D eigenvalue weighted by atomic mass is 9.98. The number of aliphatic carboxylic acids is 1. The van der Waals surface area contributed by atoms with E-state index in [0.29, 0.717) is 32.5 Å². The molecule has 1 N–H and O–H groups in total. The van der Waals surface area contributed by atoms with Crippen LogP contribution in [0.1, 0.15) is 43.2 Å². The van der Waals surface area contributed by atoms with Crippen molar-refractivity contribution in [1.29, 1.82) is 0 Å². The Bertz CT molecular complexity index is 585. The molecule has 0 aromatic heterocycles. The van der Waals surface area contributed by atoms with Gasteiger partial charge in [-0.05, 0) is 56.7 Å². The minimum absolute atomic E-state index is 0.0627. The summed E-state index contributed by atoms with van der Waals surface area (Å²) in [4.78, 5) is 24.9. The molecule has 0 aliphatic carbocycles. The number of carboxylic acids is 1. The third-order valence-corrected chi connectivity index (χ3v) is 4.51. The van der Waals surface area contributed by atoms with E-state index in [1.807, 2.05) is 26.0 Å². The van der Waals surface area contributed by atoms with E-state index in [9.17, 15) is 9.59 Å². The lowest BCUT2D eigenvalue weighted by molar-refractivity contribution is -0.145. The molecule has 1 atom stereocenters. The summed E-state index contributed by atoms with van der Waals surface area (Å²) in [7, 11) is 0. The predicted molar refractivity (Wildman–Crippen MR) is 92.2 cm³/mol. The molecule has 5 nitrogen and oxygen atoms in total. The Hall–Kier alpha value is -2.04. The molecule has 1 aliphatic rings. The maximum absolute atomic E-state index is 12.2. The van der Waals surface area contributed by atoms with E-state index in [1.54, 1.807) is 4.90 Å². The number of hydrogen-bond acceptors (Lipinski definition) is 3. The van der Waals surface area contributed by atoms with Crippen LogP contribution in [0.5, 0.6) is 5.75 Å². The molecule has 1 fully saturated rings. The van der Waals surface area contributed by atoms with Crippen LogP contribution < -0.4 is 4.74 Å². The summed E-state index contributed by atoms with van der Waals surface area (Å²) >= 11 is 0. The quantitative estimate of drug-likeness (QED) is 0.778. The number of carboxylic acid groups (broad SMARTS) is 1. The first kappa shape index (κ1) is 18.3. The molecule has 1 saturated heterocycles. The molecule has 24 heavy (non-hydrogen) atoms. The number of nitrogens with zero attached hydrogens (tertiary/aromatic N) is 1. The summed E-state index contributed by atoms with van der Waals surface area (Å²) in [6, 6.07) is 6.13. The van der Waals surface area contributed by atoms with Crippen LogP contribution in [-0.2, 0) is 9.59 Å². The smallest absolute Gasteiger partial charge is 0.308 e. The fraction of sp³-hybridized carbons (Fsp3) is 0.579. The number of carbonyl (C=O) groups excluding carboxylic acids is 1. The van der Waals surface area contributed by atoms with Crippen molar-refractivity contribution in [3.63, 3.8) is 0 Å². The highest BCUT2D eigenvalue weighted by Crippen LogP contribution is 2.20. The number of rotatable bonds is 7. The third-order valence-electron chi connectivity index (χ3n) is 4.51. The van der Waals surface area contributed by atoms with Gasteiger partial charge in [0.2, 0.25) is 5.91 Å². The molecule has 1 heterocycles. The molecular weight excluding hydrogens is 306 g/mol. The van der Waals surface area contributed by atoms with Crippen LogP contribution >= 0.6 is 0 Å². The lowest BCUT2D eigenvalue weighted by Crippen LogP contribution is -2.42. The topological polar surface area (TPSA) is 66.8 Å². The second-order valence-electron chi connectivity index (χ2n) is 6.59. The van der Waals surface area contributed by atoms with Crippen molar-refractivity contribution in [3.05, 3.63) is 29.3 Å². The van der Waals surface area contributed by atoms with E-state index in [-0.39, 0.29) is 5.91 Å². The van der Waals surface area contributed by atoms with Crippen molar-refractivity contribution < 1.29 is 19.4 Å². The number of amides is 1. The van der Waals surface area contributed by atoms with Crippen LogP contribution in [0.25, 0.3) is 0 Å². The summed E-state index contributed by atoms with van der Waals surface area (Å²) in [5.41, 5.74) is 2.29. The third kappa shape index (κ3) is 5.25. The summed E-state index contributed by atoms with van der Waals surface area (Å²) in [6.07, 6.45) is 3.48. The van der Waals surface area contributed by atoms with Gasteiger partial charge in [0.1, 0.15) is 5.75 Å². The molecule has 0 radical (unpaired) electrons. The fourth-order valence-electron chi connectivity index (χ4n) is 2.99. The summed E-state index contributed by atoms with van der Waals surface area (Å²) in [5.74, 6) is -0.237. The van der Waals surface area contributed by atoms with Gasteiger partial charge in [-0.15, -0.1) is 0 Å². The van der Waals surface area contributed by atoms with E-state index in [0.717, 1.165) is 30.6 Å². The molecule has 1 aliphatic heterocycles. The van der Waals surface area contributed by atoms with E-state index in [1.165, 1.54) is 5.56 Å². The Morgan fingerprint density at radius 1 is 1.29 bits per heavy atom. The zero-order valence-electron chi connectivity index (χ0n) is 14.6. The van der Waals surface area contributed by atoms with Gasteiger partial charge in [0.05, 0.1) is 12.5 Å². The Morgan fingerprint density at radius 2 is 2.08 bits per heavy atom. The molecule has 1 aromatic rings. The van der Waals surface area contributed by atoms with Crippen LogP contribution in [0, 0.1) is 19.8 Å². The Labute approximate surface area is 143 Å². The average Bonchev–Trinajstić information content (AvgIpc) is 2.57. The van der Waals surface area contributed by atoms with Crippen molar-refractivity contribution in [2.75, 3.05) is 19.7 Å². The first-order valence-corrected chi connectivity index (χ1v) is 8.68. The predicted octanol–water partition coefficient (Wildman–Crippen LogP) is 3.18. The number of unbranched alkanes of at least 4 members (excludes halogenated alkanes) is 1. The number of benzene rings is 1. The van der Waals surface area contributed by atoms with Gasteiger partial charge < -0.3 is 14.7 Å². The first-order chi connectivity index (χ1) is 11.5. The molecule has 0 bridgehead atoms. The van der Waals surface area contributed by atoms with Gasteiger partial charge in [0, 0.05) is 19.5 Å². The number of hydrogen-bond donors (Lipinski definition) is 1. The number of ether oxygens (including phenoxy) is 1. The van der Waals surface area contributed by atoms with Crippen LogP contribution in [0.4, 0.5) is 0 Å². The van der Waals surface area contributed by atoms with E-state index < -0.39 is 11.9 Å². The van der Waals surface area contributed by atoms with E-state index >= 15 is 0 Å². The van der Waals surface area contributed by atoms with Gasteiger partial charge in [0.25, 0.3) is 0 Å². The summed E-state index contributed by atoms with van der Waals surface area (Å²) in [5, 5.41) is 9.08. The van der Waals surface area contributed by atoms with Crippen LogP contribution in [-0.4, -0.2) is 41.6 Å². The SMILES string of the molecule is Cc1ccc(C)c(OCCCCC(=O)N2CCC[C@H](C(=O)O)C2)c1. The van der Waals surface area contributed by atoms with E-state index in [2.05, 4.69) is 6.07 Å². The maximum Gasteiger partial charge on any atom is 0.308 e. The number of aryl methyl sites for hydroxylation is 2. The lowest BCUT2D eigenvalue weighted by Gasteiger charge is -2.30. The van der Waals surface area contributed by atoms with Gasteiger partial charge in [-0.3, -0.25) is 9.59 Å². The Kier molecular flexibility index (Phi) is 6.64. The van der Waals surface area contributed by atoms with Crippen molar-refractivity contribution in [1.82, 2.24) is 4.90 Å². The monoisotopic (exact) mass is 333 g/mol. The molecule has 1 amide bonds. The standard InChI is InChI=1S/C19H27NO4/c1-14-8-9-15(2)17(12-14)24-11-4-3-7-18(21)20-10-5-6-16(13-20)19(22)23/h8-9,12,16H,3-7,10-11,13H2,1-2H3,(H,22,23)/t16-/m0/s1. The molecule has 5 heteroatoms. The molecule has 0 saturated carbocycles.